The summed E-state index contributed by atoms with van der Waals surface area (Å²) in [6.45, 7) is 6.04. The van der Waals surface area contributed by atoms with Gasteiger partial charge in [-0.2, -0.15) is 0 Å². The van der Waals surface area contributed by atoms with Gasteiger partial charge in [0.1, 0.15) is 5.75 Å². The first-order chi connectivity index (χ1) is 11.7. The molecule has 25 heavy (non-hydrogen) atoms. The van der Waals surface area contributed by atoms with Gasteiger partial charge in [-0.25, -0.2) is 0 Å². The molecule has 2 aliphatic rings. The van der Waals surface area contributed by atoms with Crippen molar-refractivity contribution in [2.24, 2.45) is 22.8 Å². The molecule has 0 spiro atoms. The van der Waals surface area contributed by atoms with Crippen LogP contribution in [-0.4, -0.2) is 17.6 Å². The molecule has 2 bridgehead atoms. The third-order valence-corrected chi connectivity index (χ3v) is 6.15. The molecule has 2 unspecified atom stereocenters. The van der Waals surface area contributed by atoms with Crippen molar-refractivity contribution in [3.63, 3.8) is 0 Å². The van der Waals surface area contributed by atoms with Crippen molar-refractivity contribution in [1.29, 1.82) is 0 Å². The lowest BCUT2D eigenvalue weighted by Crippen LogP contribution is -2.41. The Bertz CT molecular complexity index is 625. The van der Waals surface area contributed by atoms with E-state index in [4.69, 9.17) is 16.2 Å². The van der Waals surface area contributed by atoms with Gasteiger partial charge >= 0.3 is 5.97 Å². The van der Waals surface area contributed by atoms with Crippen molar-refractivity contribution in [2.75, 3.05) is 0 Å². The lowest BCUT2D eigenvalue weighted by molar-refractivity contribution is -0.145. The van der Waals surface area contributed by atoms with E-state index in [2.05, 4.69) is 6.07 Å². The van der Waals surface area contributed by atoms with Gasteiger partial charge in [0, 0.05) is 17.5 Å². The van der Waals surface area contributed by atoms with Crippen LogP contribution in [-0.2, 0) is 4.79 Å². The first kappa shape index (κ1) is 18.4. The molecule has 3 rings (SSSR count). The zero-order valence-corrected chi connectivity index (χ0v) is 15.8. The topological polar surface area (TPSA) is 78.3 Å². The van der Waals surface area contributed by atoms with Gasteiger partial charge in [0.25, 0.3) is 0 Å². The normalized spacial score (nSPS) is 28.0. The first-order valence-corrected chi connectivity index (χ1v) is 9.56. The van der Waals surface area contributed by atoms with Gasteiger partial charge in [-0.1, -0.05) is 12.1 Å². The monoisotopic (exact) mass is 344 g/mol. The Kier molecular flexibility index (Phi) is 4.95. The molecular weight excluding hydrogens is 312 g/mol. The first-order valence-electron chi connectivity index (χ1n) is 9.56. The zero-order chi connectivity index (χ0) is 18.2. The summed E-state index contributed by atoms with van der Waals surface area (Å²) in [4.78, 5) is 12.8. The summed E-state index contributed by atoms with van der Waals surface area (Å²) in [7, 11) is 0. The lowest BCUT2D eigenvalue weighted by Gasteiger charge is -2.32. The minimum Gasteiger partial charge on any atom is -0.426 e. The summed E-state index contributed by atoms with van der Waals surface area (Å²) in [5.74, 6) is 1.44. The smallest absolute Gasteiger partial charge is 0.317 e. The number of hydrogen-bond donors (Lipinski definition) is 2. The van der Waals surface area contributed by atoms with Gasteiger partial charge in [-0.15, -0.1) is 0 Å². The van der Waals surface area contributed by atoms with Crippen molar-refractivity contribution >= 4 is 5.97 Å². The predicted octanol–water partition coefficient (Wildman–Crippen LogP) is 3.73. The van der Waals surface area contributed by atoms with Gasteiger partial charge in [-0.05, 0) is 82.9 Å². The van der Waals surface area contributed by atoms with Crippen molar-refractivity contribution in [1.82, 2.24) is 0 Å². The fraction of sp³-hybridized carbons (Fsp3) is 0.667. The van der Waals surface area contributed by atoms with Crippen LogP contribution in [0.4, 0.5) is 0 Å². The number of ether oxygens (including phenoxy) is 1. The number of benzene rings is 1. The van der Waals surface area contributed by atoms with E-state index in [1.807, 2.05) is 39.0 Å². The second-order valence-electron chi connectivity index (χ2n) is 8.98. The molecule has 0 heterocycles. The third-order valence-electron chi connectivity index (χ3n) is 6.15. The second-order valence-corrected chi connectivity index (χ2v) is 8.98. The summed E-state index contributed by atoms with van der Waals surface area (Å²) in [6.07, 6.45) is 6.12. The quantitative estimate of drug-likeness (QED) is 0.609. The van der Waals surface area contributed by atoms with E-state index in [0.717, 1.165) is 37.2 Å². The molecule has 0 amide bonds. The van der Waals surface area contributed by atoms with Gasteiger partial charge in [0.05, 0.1) is 5.41 Å². The van der Waals surface area contributed by atoms with Crippen LogP contribution in [0.1, 0.15) is 70.8 Å². The van der Waals surface area contributed by atoms with Crippen molar-refractivity contribution in [2.45, 2.75) is 76.8 Å². The highest BCUT2D eigenvalue weighted by atomic mass is 16.5. The van der Waals surface area contributed by atoms with Gasteiger partial charge < -0.3 is 16.2 Å². The van der Waals surface area contributed by atoms with Crippen molar-refractivity contribution < 1.29 is 9.53 Å². The van der Waals surface area contributed by atoms with Crippen molar-refractivity contribution in [3.05, 3.63) is 29.8 Å². The zero-order valence-electron chi connectivity index (χ0n) is 15.8. The van der Waals surface area contributed by atoms with Crippen LogP contribution in [0, 0.1) is 11.3 Å². The Morgan fingerprint density at radius 2 is 2.04 bits per heavy atom. The van der Waals surface area contributed by atoms with E-state index in [-0.39, 0.29) is 28.9 Å². The van der Waals surface area contributed by atoms with Gasteiger partial charge in [0.15, 0.2) is 0 Å². The molecule has 2 atom stereocenters. The van der Waals surface area contributed by atoms with E-state index in [0.29, 0.717) is 5.75 Å². The fourth-order valence-electron chi connectivity index (χ4n) is 4.73. The molecule has 2 fully saturated rings. The van der Waals surface area contributed by atoms with E-state index in [1.165, 1.54) is 12.8 Å². The van der Waals surface area contributed by atoms with Crippen LogP contribution < -0.4 is 16.2 Å². The largest absolute Gasteiger partial charge is 0.426 e. The summed E-state index contributed by atoms with van der Waals surface area (Å²) in [5.41, 5.74) is 12.9. The van der Waals surface area contributed by atoms with E-state index in [9.17, 15) is 4.79 Å². The number of rotatable bonds is 6. The van der Waals surface area contributed by atoms with Crippen LogP contribution in [0.2, 0.25) is 0 Å². The van der Waals surface area contributed by atoms with Gasteiger partial charge in [0.2, 0.25) is 0 Å². The minimum atomic E-state index is -0.390. The molecule has 0 aromatic heterocycles. The molecule has 0 aliphatic heterocycles. The molecule has 1 aromatic rings. The highest BCUT2D eigenvalue weighted by Crippen LogP contribution is 2.54. The molecule has 4 nitrogen and oxygen atoms in total. The molecule has 2 saturated carbocycles. The number of nitrogens with two attached hydrogens (primary N) is 2. The second kappa shape index (κ2) is 6.73. The number of carbonyl (C=O) groups excluding carboxylic acids is 1. The fourth-order valence-corrected chi connectivity index (χ4v) is 4.73. The average molecular weight is 344 g/mol. The summed E-state index contributed by atoms with van der Waals surface area (Å²) in [6, 6.07) is 7.90. The van der Waals surface area contributed by atoms with Gasteiger partial charge in [-0.3, -0.25) is 4.79 Å². The minimum absolute atomic E-state index is 0.0413. The third kappa shape index (κ3) is 3.90. The molecule has 2 aliphatic carbocycles. The van der Waals surface area contributed by atoms with Crippen LogP contribution in [0.15, 0.2) is 24.3 Å². The maximum Gasteiger partial charge on any atom is 0.317 e. The molecule has 0 radical (unpaired) electrons. The van der Waals surface area contributed by atoms with E-state index in [1.54, 1.807) is 0 Å². The van der Waals surface area contributed by atoms with Crippen LogP contribution in [0.25, 0.3) is 0 Å². The Morgan fingerprint density at radius 1 is 1.36 bits per heavy atom. The number of carbonyl (C=O) groups is 1. The molecule has 1 aromatic carbocycles. The maximum absolute atomic E-state index is 12.8. The van der Waals surface area contributed by atoms with Crippen LogP contribution >= 0.6 is 0 Å². The molecular formula is C21H32N2O2. The number of fused-ring (bicyclic) bond motifs is 2. The number of hydrogen-bond acceptors (Lipinski definition) is 4. The van der Waals surface area contributed by atoms with E-state index >= 15 is 0 Å². The summed E-state index contributed by atoms with van der Waals surface area (Å²) in [5, 5.41) is 0. The Morgan fingerprint density at radius 3 is 2.56 bits per heavy atom. The predicted molar refractivity (Wildman–Crippen MR) is 100 cm³/mol. The Hall–Kier alpha value is -1.39. The SMILES string of the molecule is CC(N)CC(c1cccc(OC(=O)C23CCC(CC2)C3)c1)C(C)(C)N. The lowest BCUT2D eigenvalue weighted by atomic mass is 9.79. The summed E-state index contributed by atoms with van der Waals surface area (Å²) < 4.78 is 5.82. The molecule has 4 heteroatoms. The van der Waals surface area contributed by atoms with E-state index < -0.39 is 0 Å². The Balaban J connectivity index is 1.77. The number of esters is 1. The average Bonchev–Trinajstić information content (AvgIpc) is 3.14. The Labute approximate surface area is 151 Å². The highest BCUT2D eigenvalue weighted by molar-refractivity contribution is 5.80. The molecule has 138 valence electrons. The molecule has 4 N–H and O–H groups in total. The summed E-state index contributed by atoms with van der Waals surface area (Å²) >= 11 is 0. The standard InChI is InChI=1S/C21H32N2O2/c1-14(22)11-18(20(2,3)23)16-5-4-6-17(12-16)25-19(24)21-9-7-15(13-21)8-10-21/h4-6,12,14-15,18H,7-11,13,22-23H2,1-3H3. The van der Waals surface area contributed by atoms with Crippen LogP contribution in [0.5, 0.6) is 5.75 Å². The van der Waals surface area contributed by atoms with Crippen molar-refractivity contribution in [3.8, 4) is 5.75 Å². The molecule has 0 saturated heterocycles. The highest BCUT2D eigenvalue weighted by Gasteiger charge is 2.51. The maximum atomic E-state index is 12.8. The van der Waals surface area contributed by atoms with Crippen LogP contribution in [0.3, 0.4) is 0 Å².